The molecule has 166 valence electrons. The summed E-state index contributed by atoms with van der Waals surface area (Å²) in [5.74, 6) is 0. The predicted octanol–water partition coefficient (Wildman–Crippen LogP) is 8.10. The minimum absolute atomic E-state index is 0.835. The summed E-state index contributed by atoms with van der Waals surface area (Å²) in [7, 11) is 2.20. The molecule has 33 heavy (non-hydrogen) atoms. The number of allylic oxidation sites excluding steroid dienone is 5. The lowest BCUT2D eigenvalue weighted by Gasteiger charge is -2.08. The molecule has 0 saturated heterocycles. The van der Waals surface area contributed by atoms with Crippen molar-refractivity contribution in [2.75, 3.05) is 0 Å². The maximum absolute atomic E-state index is 4.13. The Bertz CT molecular complexity index is 1450. The van der Waals surface area contributed by atoms with E-state index in [2.05, 4.69) is 103 Å². The number of nitrogens with zero attached hydrogens (tertiary/aromatic N) is 2. The number of hydrogen-bond acceptors (Lipinski definition) is 0. The second kappa shape index (κ2) is 8.78. The minimum Gasteiger partial charge on any atom is -0.347 e. The number of hydrogen-bond donors (Lipinski definition) is 0. The van der Waals surface area contributed by atoms with Gasteiger partial charge in [-0.15, -0.1) is 0 Å². The van der Waals surface area contributed by atoms with Crippen LogP contribution >= 0.6 is 0 Å². The molecule has 0 amide bonds. The van der Waals surface area contributed by atoms with Crippen molar-refractivity contribution in [2.24, 2.45) is 7.05 Å². The van der Waals surface area contributed by atoms with Crippen molar-refractivity contribution in [2.45, 2.75) is 39.7 Å². The van der Waals surface area contributed by atoms with Gasteiger partial charge in [0.05, 0.1) is 0 Å². The Hall–Kier alpha value is -3.52. The minimum atomic E-state index is 0.835. The van der Waals surface area contributed by atoms with Crippen LogP contribution in [0.2, 0.25) is 0 Å². The van der Waals surface area contributed by atoms with Crippen LogP contribution in [0, 0.1) is 0 Å². The van der Waals surface area contributed by atoms with Crippen molar-refractivity contribution in [1.82, 2.24) is 9.13 Å². The van der Waals surface area contributed by atoms with Crippen LogP contribution in [-0.4, -0.2) is 9.13 Å². The summed E-state index contributed by atoms with van der Waals surface area (Å²) in [4.78, 5) is 0. The lowest BCUT2D eigenvalue weighted by molar-refractivity contribution is 0.824. The molecular weight excluding hydrogens is 400 g/mol. The molecule has 2 aromatic carbocycles. The van der Waals surface area contributed by atoms with Crippen LogP contribution in [0.5, 0.6) is 0 Å². The molecule has 2 heterocycles. The predicted molar refractivity (Wildman–Crippen MR) is 145 cm³/mol. The molecule has 0 bridgehead atoms. The first-order valence-electron chi connectivity index (χ1n) is 12.0. The molecule has 2 nitrogen and oxygen atoms in total. The Morgan fingerprint density at radius 3 is 2.61 bits per heavy atom. The first-order valence-corrected chi connectivity index (χ1v) is 12.0. The highest BCUT2D eigenvalue weighted by molar-refractivity contribution is 5.96. The maximum Gasteiger partial charge on any atom is 0.0497 e. The summed E-state index contributed by atoms with van der Waals surface area (Å²) in [6.45, 7) is 9.24. The average molecular weight is 433 g/mol. The van der Waals surface area contributed by atoms with E-state index in [0.29, 0.717) is 0 Å². The molecule has 0 aliphatic heterocycles. The van der Waals surface area contributed by atoms with Gasteiger partial charge in [0.2, 0.25) is 0 Å². The standard InChI is InChI=1S/C31H32N2/c1-5-8-9-12-19-33-28(7-3)24(6-2)26-17-15-23(21-31(26)33)22-16-18-30-27(20-22)25-13-10-11-14-29(25)32(30)4/h5,7-10,12-13,15-18,20-21H,3,6,11,14,19H2,1-2,4H3/b8-5-,12-9-. The van der Waals surface area contributed by atoms with Crippen LogP contribution in [0.4, 0.5) is 0 Å². The van der Waals surface area contributed by atoms with Gasteiger partial charge in [0.15, 0.2) is 0 Å². The van der Waals surface area contributed by atoms with E-state index in [1.54, 1.807) is 0 Å². The van der Waals surface area contributed by atoms with Crippen molar-refractivity contribution in [3.05, 3.63) is 95.9 Å². The van der Waals surface area contributed by atoms with Gasteiger partial charge in [-0.1, -0.05) is 68.2 Å². The molecule has 0 unspecified atom stereocenters. The van der Waals surface area contributed by atoms with E-state index in [-0.39, 0.29) is 0 Å². The third-order valence-corrected chi connectivity index (χ3v) is 7.02. The summed E-state index contributed by atoms with van der Waals surface area (Å²) in [6.07, 6.45) is 18.3. The van der Waals surface area contributed by atoms with Crippen LogP contribution in [0.25, 0.3) is 45.1 Å². The number of benzene rings is 2. The van der Waals surface area contributed by atoms with Crippen molar-refractivity contribution in [3.8, 4) is 11.1 Å². The summed E-state index contributed by atoms with van der Waals surface area (Å²) >= 11 is 0. The fourth-order valence-electron chi connectivity index (χ4n) is 5.39. The zero-order valence-corrected chi connectivity index (χ0v) is 19.9. The molecule has 0 fully saturated rings. The summed E-state index contributed by atoms with van der Waals surface area (Å²) in [6, 6.07) is 13.9. The molecular formula is C31H32N2. The van der Waals surface area contributed by atoms with Crippen LogP contribution in [0.3, 0.4) is 0 Å². The first-order chi connectivity index (χ1) is 16.2. The number of fused-ring (bicyclic) bond motifs is 4. The zero-order chi connectivity index (χ0) is 22.9. The summed E-state index contributed by atoms with van der Waals surface area (Å²) in [5.41, 5.74) is 10.6. The van der Waals surface area contributed by atoms with Crippen LogP contribution in [0.15, 0.2) is 73.4 Å². The van der Waals surface area contributed by atoms with Gasteiger partial charge in [0.1, 0.15) is 0 Å². The van der Waals surface area contributed by atoms with Gasteiger partial charge in [-0.2, -0.15) is 0 Å². The highest BCUT2D eigenvalue weighted by Gasteiger charge is 2.17. The lowest BCUT2D eigenvalue weighted by Crippen LogP contribution is -1.99. The zero-order valence-electron chi connectivity index (χ0n) is 19.9. The van der Waals surface area contributed by atoms with E-state index in [1.807, 2.05) is 13.0 Å². The van der Waals surface area contributed by atoms with Crippen molar-refractivity contribution < 1.29 is 0 Å². The molecule has 0 saturated carbocycles. The molecule has 1 aliphatic carbocycles. The third-order valence-electron chi connectivity index (χ3n) is 7.02. The monoisotopic (exact) mass is 432 g/mol. The molecule has 1 aliphatic rings. The van der Waals surface area contributed by atoms with E-state index in [1.165, 1.54) is 55.4 Å². The Labute approximate surface area is 196 Å². The topological polar surface area (TPSA) is 9.86 Å². The fourth-order valence-corrected chi connectivity index (χ4v) is 5.39. The van der Waals surface area contributed by atoms with Gasteiger partial charge in [0, 0.05) is 52.3 Å². The Morgan fingerprint density at radius 2 is 1.82 bits per heavy atom. The van der Waals surface area contributed by atoms with Gasteiger partial charge in [0.25, 0.3) is 0 Å². The Morgan fingerprint density at radius 1 is 1.00 bits per heavy atom. The maximum atomic E-state index is 4.13. The van der Waals surface area contributed by atoms with Crippen LogP contribution in [-0.2, 0) is 26.4 Å². The van der Waals surface area contributed by atoms with Gasteiger partial charge in [-0.3, -0.25) is 0 Å². The van der Waals surface area contributed by atoms with Gasteiger partial charge >= 0.3 is 0 Å². The highest BCUT2D eigenvalue weighted by atomic mass is 15.0. The Balaban J connectivity index is 1.67. The second-order valence-electron chi connectivity index (χ2n) is 8.81. The van der Waals surface area contributed by atoms with E-state index in [9.17, 15) is 0 Å². The fraction of sp³-hybridized carbons (Fsp3) is 0.226. The molecule has 4 aromatic rings. The van der Waals surface area contributed by atoms with Gasteiger partial charge < -0.3 is 9.13 Å². The van der Waals surface area contributed by atoms with E-state index in [4.69, 9.17) is 0 Å². The average Bonchev–Trinajstić information content (AvgIpc) is 3.32. The number of aromatic nitrogens is 2. The van der Waals surface area contributed by atoms with Gasteiger partial charge in [-0.05, 0) is 67.2 Å². The quantitative estimate of drug-likeness (QED) is 0.272. The molecule has 0 radical (unpaired) electrons. The molecule has 0 N–H and O–H groups in total. The SMILES string of the molecule is C=Cc1c(CC)c2ccc(-c3ccc4c(c3)c3c(n4C)CCC=C3)cc2n1C/C=C\C=C/C. The highest BCUT2D eigenvalue weighted by Crippen LogP contribution is 2.36. The number of rotatable bonds is 6. The smallest absolute Gasteiger partial charge is 0.0497 e. The lowest BCUT2D eigenvalue weighted by atomic mass is 9.98. The van der Waals surface area contributed by atoms with E-state index >= 15 is 0 Å². The summed E-state index contributed by atoms with van der Waals surface area (Å²) < 4.78 is 4.77. The molecule has 0 spiro atoms. The molecule has 0 atom stereocenters. The Kier molecular flexibility index (Phi) is 5.68. The summed E-state index contributed by atoms with van der Waals surface area (Å²) in [5, 5.41) is 2.68. The molecule has 2 aromatic heterocycles. The van der Waals surface area contributed by atoms with Crippen molar-refractivity contribution in [1.29, 1.82) is 0 Å². The molecule has 2 heteroatoms. The normalized spacial score (nSPS) is 13.7. The largest absolute Gasteiger partial charge is 0.347 e. The molecule has 5 rings (SSSR count). The van der Waals surface area contributed by atoms with Crippen LogP contribution in [0.1, 0.15) is 42.8 Å². The number of aryl methyl sites for hydroxylation is 2. The van der Waals surface area contributed by atoms with Crippen molar-refractivity contribution in [3.63, 3.8) is 0 Å². The van der Waals surface area contributed by atoms with Gasteiger partial charge in [-0.25, -0.2) is 0 Å². The van der Waals surface area contributed by atoms with E-state index < -0.39 is 0 Å². The third kappa shape index (κ3) is 3.51. The van der Waals surface area contributed by atoms with Crippen LogP contribution < -0.4 is 0 Å². The van der Waals surface area contributed by atoms with E-state index in [0.717, 1.165) is 25.8 Å². The second-order valence-corrected chi connectivity index (χ2v) is 8.81. The first kappa shape index (κ1) is 21.3. The van der Waals surface area contributed by atoms with Crippen molar-refractivity contribution >= 4 is 34.0 Å².